The van der Waals surface area contributed by atoms with Gasteiger partial charge in [-0.2, -0.15) is 0 Å². The molecular weight excluding hydrogens is 991 g/mol. The Hall–Kier alpha value is -2.64. The van der Waals surface area contributed by atoms with Crippen LogP contribution in [-0.2, 0) is 23.8 Å². The van der Waals surface area contributed by atoms with Crippen molar-refractivity contribution in [3.05, 3.63) is 60.8 Å². The van der Waals surface area contributed by atoms with E-state index in [4.69, 9.17) is 14.2 Å². The van der Waals surface area contributed by atoms with Gasteiger partial charge in [0.25, 0.3) is 0 Å². The van der Waals surface area contributed by atoms with Crippen LogP contribution in [0.25, 0.3) is 0 Å². The van der Waals surface area contributed by atoms with E-state index in [1.165, 1.54) is 186 Å². The van der Waals surface area contributed by atoms with E-state index in [1.807, 2.05) is 6.08 Å². The summed E-state index contributed by atoms with van der Waals surface area (Å²) < 4.78 is 16.7. The molecule has 1 heterocycles. The topological polar surface area (TPSA) is 175 Å². The molecule has 11 nitrogen and oxygen atoms in total. The van der Waals surface area contributed by atoms with Gasteiger partial charge in [0.1, 0.15) is 24.4 Å². The molecule has 11 heteroatoms. The van der Waals surface area contributed by atoms with Crippen molar-refractivity contribution in [1.29, 1.82) is 0 Å². The summed E-state index contributed by atoms with van der Waals surface area (Å²) in [7, 11) is 0. The highest BCUT2D eigenvalue weighted by Gasteiger charge is 2.44. The summed E-state index contributed by atoms with van der Waals surface area (Å²) in [6.07, 6.45) is 65.0. The highest BCUT2D eigenvalue weighted by Crippen LogP contribution is 2.23. The van der Waals surface area contributed by atoms with E-state index < -0.39 is 49.5 Å². The lowest BCUT2D eigenvalue weighted by Crippen LogP contribution is -2.60. The number of rotatable bonds is 57. The highest BCUT2D eigenvalue weighted by molar-refractivity contribution is 5.76. The quantitative estimate of drug-likeness (QED) is 0.0195. The minimum atomic E-state index is -1.58. The van der Waals surface area contributed by atoms with Gasteiger partial charge in [0.2, 0.25) is 5.91 Å². The van der Waals surface area contributed by atoms with Gasteiger partial charge in [-0.25, -0.2) is 0 Å². The van der Waals surface area contributed by atoms with Gasteiger partial charge < -0.3 is 45.1 Å². The molecule has 0 aromatic rings. The second kappa shape index (κ2) is 57.2. The molecule has 7 atom stereocenters. The number of unbranched alkanes of at least 4 members (excludes halogenated alkanes) is 35. The molecule has 79 heavy (non-hydrogen) atoms. The Morgan fingerprint density at radius 3 is 1.38 bits per heavy atom. The maximum atomic E-state index is 13.0. The van der Waals surface area contributed by atoms with Crippen molar-refractivity contribution >= 4 is 11.9 Å². The molecular formula is C68H123NO10. The van der Waals surface area contributed by atoms with Gasteiger partial charge in [0, 0.05) is 12.8 Å². The average Bonchev–Trinajstić information content (AvgIpc) is 3.46. The van der Waals surface area contributed by atoms with E-state index >= 15 is 0 Å². The zero-order valence-corrected chi connectivity index (χ0v) is 50.8. The third kappa shape index (κ3) is 46.5. The molecule has 1 aliphatic rings. The zero-order valence-electron chi connectivity index (χ0n) is 50.8. The Morgan fingerprint density at radius 2 is 0.899 bits per heavy atom. The van der Waals surface area contributed by atoms with Gasteiger partial charge in [0.15, 0.2) is 6.29 Å². The molecule has 460 valence electrons. The van der Waals surface area contributed by atoms with Crippen LogP contribution < -0.4 is 5.32 Å². The van der Waals surface area contributed by atoms with Gasteiger partial charge in [-0.3, -0.25) is 9.59 Å². The van der Waals surface area contributed by atoms with Crippen molar-refractivity contribution < 1.29 is 49.3 Å². The van der Waals surface area contributed by atoms with Crippen molar-refractivity contribution in [2.24, 2.45) is 0 Å². The van der Waals surface area contributed by atoms with Crippen molar-refractivity contribution in [2.45, 2.75) is 339 Å². The number of aliphatic hydroxyl groups excluding tert-OH is 5. The first-order chi connectivity index (χ1) is 38.7. The van der Waals surface area contributed by atoms with Crippen molar-refractivity contribution in [3.8, 4) is 0 Å². The summed E-state index contributed by atoms with van der Waals surface area (Å²) in [5.41, 5.74) is 0. The Bertz CT molecular complexity index is 1500. The number of amides is 1. The summed E-state index contributed by atoms with van der Waals surface area (Å²) >= 11 is 0. The first kappa shape index (κ1) is 74.4. The largest absolute Gasteiger partial charge is 0.466 e. The lowest BCUT2D eigenvalue weighted by atomic mass is 9.99. The van der Waals surface area contributed by atoms with E-state index in [0.29, 0.717) is 19.4 Å². The van der Waals surface area contributed by atoms with Crippen LogP contribution in [0.3, 0.4) is 0 Å². The normalized spacial score (nSPS) is 18.8. The lowest BCUT2D eigenvalue weighted by Gasteiger charge is -2.40. The second-order valence-electron chi connectivity index (χ2n) is 22.8. The Labute approximate surface area is 484 Å². The Morgan fingerprint density at radius 1 is 0.481 bits per heavy atom. The molecule has 1 amide bonds. The molecule has 0 aromatic carbocycles. The first-order valence-corrected chi connectivity index (χ1v) is 33.1. The Kier molecular flexibility index (Phi) is 53.8. The van der Waals surface area contributed by atoms with Gasteiger partial charge in [-0.1, -0.05) is 261 Å². The highest BCUT2D eigenvalue weighted by atomic mass is 16.7. The number of ether oxygens (including phenoxy) is 3. The van der Waals surface area contributed by atoms with Gasteiger partial charge in [-0.05, 0) is 83.5 Å². The van der Waals surface area contributed by atoms with Crippen LogP contribution in [0.2, 0.25) is 0 Å². The number of carbonyl (C=O) groups excluding carboxylic acids is 2. The number of hydrogen-bond donors (Lipinski definition) is 6. The fourth-order valence-corrected chi connectivity index (χ4v) is 10.2. The predicted octanol–water partition coefficient (Wildman–Crippen LogP) is 16.2. The van der Waals surface area contributed by atoms with Crippen LogP contribution in [0.15, 0.2) is 60.8 Å². The van der Waals surface area contributed by atoms with E-state index in [1.54, 1.807) is 6.08 Å². The zero-order chi connectivity index (χ0) is 57.3. The van der Waals surface area contributed by atoms with Crippen LogP contribution in [0, 0.1) is 0 Å². The summed E-state index contributed by atoms with van der Waals surface area (Å²) in [6.45, 7) is 4.21. The van der Waals surface area contributed by atoms with E-state index in [-0.39, 0.29) is 18.5 Å². The van der Waals surface area contributed by atoms with Crippen LogP contribution in [0.4, 0.5) is 0 Å². The van der Waals surface area contributed by atoms with E-state index in [0.717, 1.165) is 83.5 Å². The minimum absolute atomic E-state index is 0.00233. The molecule has 7 unspecified atom stereocenters. The molecule has 0 aliphatic carbocycles. The molecule has 1 saturated heterocycles. The Balaban J connectivity index is 1.98. The molecule has 0 bridgehead atoms. The van der Waals surface area contributed by atoms with E-state index in [2.05, 4.69) is 67.8 Å². The van der Waals surface area contributed by atoms with Crippen molar-refractivity contribution in [1.82, 2.24) is 5.32 Å². The molecule has 1 fully saturated rings. The molecule has 0 radical (unpaired) electrons. The van der Waals surface area contributed by atoms with Crippen LogP contribution >= 0.6 is 0 Å². The summed E-state index contributed by atoms with van der Waals surface area (Å²) in [5.74, 6) is -0.200. The van der Waals surface area contributed by atoms with Crippen LogP contribution in [0.1, 0.15) is 296 Å². The average molecular weight is 1110 g/mol. The number of carbonyl (C=O) groups is 2. The molecule has 0 saturated carbocycles. The fourth-order valence-electron chi connectivity index (χ4n) is 10.2. The summed E-state index contributed by atoms with van der Waals surface area (Å²) in [4.78, 5) is 25.1. The third-order valence-electron chi connectivity index (χ3n) is 15.3. The van der Waals surface area contributed by atoms with Crippen LogP contribution in [0.5, 0.6) is 0 Å². The maximum Gasteiger partial charge on any atom is 0.305 e. The van der Waals surface area contributed by atoms with Gasteiger partial charge in [0.05, 0.1) is 32.0 Å². The summed E-state index contributed by atoms with van der Waals surface area (Å²) in [6, 6.07) is -0.837. The number of allylic oxidation sites excluding steroid dienone is 9. The SMILES string of the molecule is CC/C=C/CC/C=C/CC/C=C/C(O)C(COC1OC(CO)C(O)C(O)C1O)NC(=O)CCCCCCCCCCCCC/C=C\C/C=C\CCCCCCCCCCCOC(=O)CCCCCCCCCCCCCCCC. The molecule has 1 aliphatic heterocycles. The number of hydrogen-bond acceptors (Lipinski definition) is 10. The number of nitrogens with one attached hydrogen (secondary N) is 1. The maximum absolute atomic E-state index is 13.0. The minimum Gasteiger partial charge on any atom is -0.466 e. The third-order valence-corrected chi connectivity index (χ3v) is 15.3. The predicted molar refractivity (Wildman–Crippen MR) is 329 cm³/mol. The van der Waals surface area contributed by atoms with Crippen LogP contribution in [-0.4, -0.2) is 100 Å². The van der Waals surface area contributed by atoms with Crippen molar-refractivity contribution in [3.63, 3.8) is 0 Å². The monoisotopic (exact) mass is 1110 g/mol. The smallest absolute Gasteiger partial charge is 0.305 e. The number of esters is 1. The van der Waals surface area contributed by atoms with Gasteiger partial charge >= 0.3 is 5.97 Å². The summed E-state index contributed by atoms with van der Waals surface area (Å²) in [5, 5.41) is 54.2. The molecule has 0 spiro atoms. The molecule has 6 N–H and O–H groups in total. The fraction of sp³-hybridized carbons (Fsp3) is 0.824. The number of aliphatic hydroxyl groups is 5. The first-order valence-electron chi connectivity index (χ1n) is 33.1. The van der Waals surface area contributed by atoms with Crippen molar-refractivity contribution in [2.75, 3.05) is 19.8 Å². The second-order valence-corrected chi connectivity index (χ2v) is 22.8. The molecule has 0 aromatic heterocycles. The van der Waals surface area contributed by atoms with Gasteiger partial charge in [-0.15, -0.1) is 0 Å². The van der Waals surface area contributed by atoms with E-state index in [9.17, 15) is 35.1 Å². The molecule has 1 rings (SSSR count). The lowest BCUT2D eigenvalue weighted by molar-refractivity contribution is -0.302. The standard InChI is InChI=1S/C68H123NO10/c1-3-5-7-9-11-13-15-16-33-36-40-44-48-52-56-64(73)77-57-53-49-45-41-37-34-31-29-27-25-23-21-19-17-18-20-22-24-26-28-30-32-35-39-43-47-51-55-63(72)69-60(59-78-68-67(76)66(75)65(74)62(58-70)79-68)61(71)54-50-46-42-38-14-12-10-8-6-4-2/h6,8,14,17-18,21,23,38,50,54,60-62,65-68,70-71,74-76H,3-5,7,9-13,15-16,19-20,22,24-37,39-49,51-53,55-59H2,1-2H3,(H,69,72)/b8-6+,18-17-,23-21-,38-14+,54-50+.